The topological polar surface area (TPSA) is 106 Å². The van der Waals surface area contributed by atoms with E-state index in [0.29, 0.717) is 42.8 Å². The first-order valence-electron chi connectivity index (χ1n) is 10.8. The molecule has 9 nitrogen and oxygen atoms in total. The van der Waals surface area contributed by atoms with Crippen LogP contribution in [0.3, 0.4) is 0 Å². The first-order chi connectivity index (χ1) is 16.4. The van der Waals surface area contributed by atoms with Crippen LogP contribution >= 0.6 is 11.8 Å². The van der Waals surface area contributed by atoms with E-state index in [1.165, 1.54) is 28.2 Å². The molecular formula is C23H23N5O4S2. The van der Waals surface area contributed by atoms with Crippen LogP contribution in [0.15, 0.2) is 70.7 Å². The molecule has 0 spiro atoms. The second kappa shape index (κ2) is 9.34. The quantitative estimate of drug-likeness (QED) is 0.408. The second-order valence-corrected chi connectivity index (χ2v) is 11.1. The zero-order valence-electron chi connectivity index (χ0n) is 18.4. The average Bonchev–Trinajstić information content (AvgIpc) is 3.28. The van der Waals surface area contributed by atoms with Crippen LogP contribution in [0.1, 0.15) is 6.92 Å². The molecule has 1 N–H and O–H groups in total. The van der Waals surface area contributed by atoms with Crippen molar-refractivity contribution in [2.45, 2.75) is 22.2 Å². The molecule has 0 aliphatic carbocycles. The summed E-state index contributed by atoms with van der Waals surface area (Å²) in [6.45, 7) is 3.24. The largest absolute Gasteiger partial charge is 0.379 e. The molecule has 4 aromatic rings. The predicted molar refractivity (Wildman–Crippen MR) is 130 cm³/mol. The summed E-state index contributed by atoms with van der Waals surface area (Å²) >= 11 is 1.31. The number of fused-ring (bicyclic) bond motifs is 3. The number of hydrogen-bond acceptors (Lipinski definition) is 7. The lowest BCUT2D eigenvalue weighted by Gasteiger charge is -2.26. The van der Waals surface area contributed by atoms with Crippen LogP contribution in [0, 0.1) is 0 Å². The number of carbonyl (C=O) groups excluding carboxylic acids is 1. The molecule has 1 aliphatic heterocycles. The van der Waals surface area contributed by atoms with Gasteiger partial charge in [-0.1, -0.05) is 30.0 Å². The molecule has 2 aromatic heterocycles. The number of nitrogens with zero attached hydrogens (tertiary/aromatic N) is 4. The minimum absolute atomic E-state index is 0.191. The maximum absolute atomic E-state index is 12.8. The molecule has 176 valence electrons. The van der Waals surface area contributed by atoms with Crippen molar-refractivity contribution in [3.05, 3.63) is 60.7 Å². The monoisotopic (exact) mass is 497 g/mol. The number of rotatable bonds is 6. The molecule has 0 radical (unpaired) electrons. The number of aromatic nitrogens is 3. The normalized spacial score (nSPS) is 16.0. The van der Waals surface area contributed by atoms with Crippen LogP contribution in [0.2, 0.25) is 0 Å². The fourth-order valence-electron chi connectivity index (χ4n) is 3.79. The second-order valence-electron chi connectivity index (χ2n) is 7.86. The Balaban J connectivity index is 1.29. The maximum atomic E-state index is 12.8. The number of thioether (sulfide) groups is 1. The third-order valence-electron chi connectivity index (χ3n) is 5.63. The molecule has 1 amide bonds. The first kappa shape index (κ1) is 22.8. The average molecular weight is 498 g/mol. The number of nitrogens with one attached hydrogen (secondary N) is 1. The molecule has 1 fully saturated rings. The van der Waals surface area contributed by atoms with Gasteiger partial charge in [-0.15, -0.1) is 10.2 Å². The zero-order chi connectivity index (χ0) is 23.7. The maximum Gasteiger partial charge on any atom is 0.243 e. The van der Waals surface area contributed by atoms with E-state index in [2.05, 4.69) is 15.5 Å². The molecule has 34 heavy (non-hydrogen) atoms. The number of para-hydroxylation sites is 1. The van der Waals surface area contributed by atoms with E-state index in [4.69, 9.17) is 4.74 Å². The van der Waals surface area contributed by atoms with Crippen LogP contribution in [0.5, 0.6) is 0 Å². The van der Waals surface area contributed by atoms with Gasteiger partial charge >= 0.3 is 0 Å². The van der Waals surface area contributed by atoms with E-state index >= 15 is 0 Å². The Morgan fingerprint density at radius 3 is 2.53 bits per heavy atom. The van der Waals surface area contributed by atoms with Gasteiger partial charge in [-0.2, -0.15) is 4.31 Å². The summed E-state index contributed by atoms with van der Waals surface area (Å²) in [4.78, 5) is 13.0. The molecule has 1 atom stereocenters. The summed E-state index contributed by atoms with van der Waals surface area (Å²) in [5, 5.41) is 12.6. The minimum Gasteiger partial charge on any atom is -0.379 e. The summed E-state index contributed by atoms with van der Waals surface area (Å²) in [7, 11) is -3.58. The van der Waals surface area contributed by atoms with Gasteiger partial charge in [0.15, 0.2) is 10.8 Å². The Hall–Kier alpha value is -2.99. The Kier molecular flexibility index (Phi) is 6.26. The Morgan fingerprint density at radius 1 is 1.03 bits per heavy atom. The van der Waals surface area contributed by atoms with Crippen molar-refractivity contribution in [2.75, 3.05) is 31.6 Å². The highest BCUT2D eigenvalue weighted by atomic mass is 32.2. The van der Waals surface area contributed by atoms with Gasteiger partial charge in [-0.25, -0.2) is 8.42 Å². The van der Waals surface area contributed by atoms with Crippen molar-refractivity contribution < 1.29 is 17.9 Å². The van der Waals surface area contributed by atoms with Crippen LogP contribution in [0.4, 0.5) is 5.69 Å². The van der Waals surface area contributed by atoms with E-state index in [0.717, 1.165) is 10.9 Å². The molecule has 11 heteroatoms. The number of anilines is 1. The minimum atomic E-state index is -3.58. The summed E-state index contributed by atoms with van der Waals surface area (Å²) in [6.07, 6.45) is 0. The number of pyridine rings is 1. The van der Waals surface area contributed by atoms with Crippen molar-refractivity contribution in [1.29, 1.82) is 0 Å². The molecule has 3 heterocycles. The number of ether oxygens (including phenoxy) is 1. The van der Waals surface area contributed by atoms with Crippen molar-refractivity contribution in [1.82, 2.24) is 18.9 Å². The number of morpholine rings is 1. The summed E-state index contributed by atoms with van der Waals surface area (Å²) in [5.74, 6) is -0.217. The van der Waals surface area contributed by atoms with Gasteiger partial charge in [0.05, 0.1) is 28.9 Å². The van der Waals surface area contributed by atoms with Crippen LogP contribution in [0.25, 0.3) is 16.6 Å². The van der Waals surface area contributed by atoms with Gasteiger partial charge in [0, 0.05) is 18.8 Å². The predicted octanol–water partition coefficient (Wildman–Crippen LogP) is 3.02. The summed E-state index contributed by atoms with van der Waals surface area (Å²) in [6, 6.07) is 18.0. The molecule has 1 unspecified atom stereocenters. The number of carbonyl (C=O) groups is 1. The standard InChI is InChI=1S/C23H23N5O4S2/c1-16(33-23-26-25-21-11-6-17-4-2-3-5-20(17)28(21)23)22(29)24-18-7-9-19(10-8-18)34(30,31)27-12-14-32-15-13-27/h2-11,16H,12-15H2,1H3,(H,24,29). The molecule has 0 saturated carbocycles. The van der Waals surface area contributed by atoms with Crippen LogP contribution in [-0.2, 0) is 19.6 Å². The number of benzene rings is 2. The van der Waals surface area contributed by atoms with Gasteiger partial charge < -0.3 is 10.1 Å². The number of hydrogen-bond donors (Lipinski definition) is 1. The Morgan fingerprint density at radius 2 is 1.76 bits per heavy atom. The SMILES string of the molecule is CC(Sc1nnc2ccc3ccccc3n12)C(=O)Nc1ccc(S(=O)(=O)N2CCOCC2)cc1. The van der Waals surface area contributed by atoms with Crippen molar-refractivity contribution in [2.24, 2.45) is 0 Å². The molecule has 5 rings (SSSR count). The highest BCUT2D eigenvalue weighted by Crippen LogP contribution is 2.27. The van der Waals surface area contributed by atoms with Crippen LogP contribution < -0.4 is 5.32 Å². The smallest absolute Gasteiger partial charge is 0.243 e. The molecule has 1 saturated heterocycles. The van der Waals surface area contributed by atoms with E-state index in [1.807, 2.05) is 40.8 Å². The van der Waals surface area contributed by atoms with E-state index in [1.54, 1.807) is 19.1 Å². The van der Waals surface area contributed by atoms with E-state index in [9.17, 15) is 13.2 Å². The highest BCUT2D eigenvalue weighted by molar-refractivity contribution is 8.00. The summed E-state index contributed by atoms with van der Waals surface area (Å²) < 4.78 is 34.1. The highest BCUT2D eigenvalue weighted by Gasteiger charge is 2.26. The van der Waals surface area contributed by atoms with Gasteiger partial charge in [0.1, 0.15) is 0 Å². The van der Waals surface area contributed by atoms with Gasteiger partial charge in [-0.05, 0) is 54.8 Å². The molecule has 0 bridgehead atoms. The van der Waals surface area contributed by atoms with Crippen molar-refractivity contribution in [3.63, 3.8) is 0 Å². The third-order valence-corrected chi connectivity index (χ3v) is 8.58. The molecule has 1 aliphatic rings. The summed E-state index contributed by atoms with van der Waals surface area (Å²) in [5.41, 5.74) is 2.21. The fraction of sp³-hybridized carbons (Fsp3) is 0.261. The van der Waals surface area contributed by atoms with Gasteiger partial charge in [0.2, 0.25) is 15.9 Å². The van der Waals surface area contributed by atoms with Gasteiger partial charge in [0.25, 0.3) is 0 Å². The Labute approximate surface area is 201 Å². The Bertz CT molecular complexity index is 1450. The van der Waals surface area contributed by atoms with Gasteiger partial charge in [-0.3, -0.25) is 9.20 Å². The van der Waals surface area contributed by atoms with Crippen molar-refractivity contribution >= 4 is 49.9 Å². The zero-order valence-corrected chi connectivity index (χ0v) is 20.1. The lowest BCUT2D eigenvalue weighted by molar-refractivity contribution is -0.115. The molecule has 2 aromatic carbocycles. The lowest BCUT2D eigenvalue weighted by atomic mass is 10.2. The van der Waals surface area contributed by atoms with E-state index in [-0.39, 0.29) is 10.8 Å². The first-order valence-corrected chi connectivity index (χ1v) is 13.1. The third kappa shape index (κ3) is 4.39. The molecular weight excluding hydrogens is 474 g/mol. The fourth-order valence-corrected chi connectivity index (χ4v) is 6.07. The van der Waals surface area contributed by atoms with E-state index < -0.39 is 15.3 Å². The number of sulfonamides is 1. The van der Waals surface area contributed by atoms with Crippen LogP contribution in [-0.4, -0.2) is 64.8 Å². The van der Waals surface area contributed by atoms with Crippen molar-refractivity contribution in [3.8, 4) is 0 Å². The number of amides is 1. The lowest BCUT2D eigenvalue weighted by Crippen LogP contribution is -2.40.